The molecule has 0 radical (unpaired) electrons. The molecule has 0 atom stereocenters. The van der Waals surface area contributed by atoms with E-state index in [1.54, 1.807) is 11.3 Å². The maximum atomic E-state index is 8.67. The van der Waals surface area contributed by atoms with Crippen LogP contribution >= 0.6 is 11.3 Å². The van der Waals surface area contributed by atoms with Crippen LogP contribution in [-0.2, 0) is 0 Å². The number of rotatable bonds is 3. The van der Waals surface area contributed by atoms with Gasteiger partial charge in [-0.05, 0) is 24.3 Å². The normalized spacial score (nSPS) is 16.3. The van der Waals surface area contributed by atoms with Crippen molar-refractivity contribution in [2.24, 2.45) is 10.9 Å². The maximum absolute atomic E-state index is 8.67. The Hall–Kier alpha value is -2.28. The molecule has 6 nitrogen and oxygen atoms in total. The first-order valence-corrected chi connectivity index (χ1v) is 7.63. The molecule has 0 amide bonds. The molecule has 0 saturated carbocycles. The van der Waals surface area contributed by atoms with E-state index in [1.807, 2.05) is 35.8 Å². The Morgan fingerprint density at radius 3 is 2.38 bits per heavy atom. The van der Waals surface area contributed by atoms with E-state index >= 15 is 0 Å². The van der Waals surface area contributed by atoms with E-state index in [0.29, 0.717) is 0 Å². The quantitative estimate of drug-likeness (QED) is 0.389. The molecule has 2 aromatic rings. The molecule has 1 aliphatic rings. The lowest BCUT2D eigenvalue weighted by Crippen LogP contribution is -2.46. The van der Waals surface area contributed by atoms with Gasteiger partial charge in [0.05, 0.1) is 0 Å². The number of anilines is 2. The van der Waals surface area contributed by atoms with E-state index < -0.39 is 0 Å². The van der Waals surface area contributed by atoms with Crippen LogP contribution in [0.3, 0.4) is 0 Å². The minimum absolute atomic E-state index is 0.134. The van der Waals surface area contributed by atoms with Crippen LogP contribution in [0.15, 0.2) is 41.0 Å². The highest BCUT2D eigenvalue weighted by atomic mass is 32.1. The third-order valence-electron chi connectivity index (χ3n) is 3.61. The van der Waals surface area contributed by atoms with Crippen LogP contribution < -0.4 is 15.5 Å². The van der Waals surface area contributed by atoms with E-state index in [4.69, 9.17) is 10.9 Å². The van der Waals surface area contributed by atoms with Gasteiger partial charge in [0.15, 0.2) is 11.0 Å². The van der Waals surface area contributed by atoms with Crippen molar-refractivity contribution < 1.29 is 5.21 Å². The van der Waals surface area contributed by atoms with Gasteiger partial charge in [0, 0.05) is 49.0 Å². The molecule has 0 aliphatic carbocycles. The number of piperazine rings is 1. The third-order valence-corrected chi connectivity index (χ3v) is 4.44. The van der Waals surface area contributed by atoms with Gasteiger partial charge in [0.2, 0.25) is 0 Å². The monoisotopic (exact) mass is 303 g/mol. The average molecular weight is 303 g/mol. The Bertz CT molecular complexity index is 603. The predicted octanol–water partition coefficient (Wildman–Crippen LogP) is 1.56. The second-order valence-electron chi connectivity index (χ2n) is 4.82. The molecular weight excluding hydrogens is 286 g/mol. The molecule has 21 heavy (non-hydrogen) atoms. The summed E-state index contributed by atoms with van der Waals surface area (Å²) in [7, 11) is 0. The van der Waals surface area contributed by atoms with Crippen molar-refractivity contribution in [1.29, 1.82) is 0 Å². The van der Waals surface area contributed by atoms with Gasteiger partial charge in [-0.2, -0.15) is 0 Å². The first-order valence-electron chi connectivity index (χ1n) is 6.75. The summed E-state index contributed by atoms with van der Waals surface area (Å²) >= 11 is 1.68. The number of oxime groups is 1. The molecule has 0 bridgehead atoms. The topological polar surface area (TPSA) is 78.0 Å². The molecule has 1 saturated heterocycles. The van der Waals surface area contributed by atoms with Crippen molar-refractivity contribution in [3.8, 4) is 0 Å². The van der Waals surface area contributed by atoms with Gasteiger partial charge >= 0.3 is 0 Å². The minimum Gasteiger partial charge on any atom is -0.409 e. The fourth-order valence-corrected chi connectivity index (χ4v) is 3.13. The molecule has 110 valence electrons. The fourth-order valence-electron chi connectivity index (χ4n) is 2.43. The summed E-state index contributed by atoms with van der Waals surface area (Å²) in [6.45, 7) is 3.86. The first-order chi connectivity index (χ1) is 10.3. The van der Waals surface area contributed by atoms with E-state index in [9.17, 15) is 0 Å². The summed E-state index contributed by atoms with van der Waals surface area (Å²) < 4.78 is 0. The van der Waals surface area contributed by atoms with Crippen molar-refractivity contribution in [1.82, 2.24) is 4.98 Å². The zero-order valence-corrected chi connectivity index (χ0v) is 12.3. The van der Waals surface area contributed by atoms with Crippen LogP contribution in [0.2, 0.25) is 0 Å². The fraction of sp³-hybridized carbons (Fsp3) is 0.286. The minimum atomic E-state index is 0.134. The second kappa shape index (κ2) is 6.01. The number of nitrogens with two attached hydrogens (primary N) is 1. The zero-order chi connectivity index (χ0) is 14.7. The number of hydrogen-bond donors (Lipinski definition) is 2. The molecule has 7 heteroatoms. The van der Waals surface area contributed by atoms with Gasteiger partial charge in [0.25, 0.3) is 0 Å². The van der Waals surface area contributed by atoms with Crippen LogP contribution in [-0.4, -0.2) is 42.2 Å². The van der Waals surface area contributed by atoms with Gasteiger partial charge in [-0.15, -0.1) is 11.3 Å². The SMILES string of the molecule is N/C(=N\O)c1ccc(N2CCN(c3nccs3)CC2)cc1. The van der Waals surface area contributed by atoms with Crippen molar-refractivity contribution in [3.63, 3.8) is 0 Å². The van der Waals surface area contributed by atoms with Crippen molar-refractivity contribution >= 4 is 28.0 Å². The number of nitrogens with zero attached hydrogens (tertiary/aromatic N) is 4. The zero-order valence-electron chi connectivity index (χ0n) is 11.5. The number of aromatic nitrogens is 1. The highest BCUT2D eigenvalue weighted by Crippen LogP contribution is 2.22. The Balaban J connectivity index is 1.64. The number of amidine groups is 1. The van der Waals surface area contributed by atoms with Crippen LogP contribution in [0.4, 0.5) is 10.8 Å². The summed E-state index contributed by atoms with van der Waals surface area (Å²) in [6.07, 6.45) is 1.85. The molecule has 0 spiro atoms. The Labute approximate surface area is 127 Å². The van der Waals surface area contributed by atoms with E-state index in [0.717, 1.165) is 42.6 Å². The van der Waals surface area contributed by atoms with E-state index in [2.05, 4.69) is 19.9 Å². The summed E-state index contributed by atoms with van der Waals surface area (Å²) in [4.78, 5) is 9.00. The lowest BCUT2D eigenvalue weighted by molar-refractivity contribution is 0.318. The second-order valence-corrected chi connectivity index (χ2v) is 5.69. The van der Waals surface area contributed by atoms with Crippen molar-refractivity contribution in [3.05, 3.63) is 41.4 Å². The highest BCUT2D eigenvalue weighted by molar-refractivity contribution is 7.13. The van der Waals surface area contributed by atoms with Crippen LogP contribution in [0.25, 0.3) is 0 Å². The summed E-state index contributed by atoms with van der Waals surface area (Å²) in [5.41, 5.74) is 7.45. The molecule has 3 rings (SSSR count). The third kappa shape index (κ3) is 2.92. The number of thiazole rings is 1. The molecular formula is C14H17N5OS. The first kappa shape index (κ1) is 13.7. The molecule has 1 fully saturated rings. The van der Waals surface area contributed by atoms with Crippen LogP contribution in [0.5, 0.6) is 0 Å². The smallest absolute Gasteiger partial charge is 0.185 e. The molecule has 3 N–H and O–H groups in total. The summed E-state index contributed by atoms with van der Waals surface area (Å²) in [5.74, 6) is 0.134. The van der Waals surface area contributed by atoms with Gasteiger partial charge < -0.3 is 20.7 Å². The Morgan fingerprint density at radius 1 is 1.14 bits per heavy atom. The molecule has 2 heterocycles. The van der Waals surface area contributed by atoms with Crippen molar-refractivity contribution in [2.75, 3.05) is 36.0 Å². The van der Waals surface area contributed by atoms with Gasteiger partial charge in [0.1, 0.15) is 0 Å². The van der Waals surface area contributed by atoms with Crippen molar-refractivity contribution in [2.45, 2.75) is 0 Å². The standard InChI is InChI=1S/C14H17N5OS/c15-13(17-20)11-1-3-12(4-2-11)18-6-8-19(9-7-18)14-16-5-10-21-14/h1-5,10,20H,6-9H2,(H2,15,17). The summed E-state index contributed by atoms with van der Waals surface area (Å²) in [5, 5.41) is 14.8. The lowest BCUT2D eigenvalue weighted by Gasteiger charge is -2.36. The van der Waals surface area contributed by atoms with Crippen LogP contribution in [0, 0.1) is 0 Å². The largest absolute Gasteiger partial charge is 0.409 e. The Morgan fingerprint density at radius 2 is 1.81 bits per heavy atom. The van der Waals surface area contributed by atoms with Gasteiger partial charge in [-0.3, -0.25) is 0 Å². The molecule has 1 aliphatic heterocycles. The maximum Gasteiger partial charge on any atom is 0.185 e. The molecule has 0 unspecified atom stereocenters. The number of hydrogen-bond acceptors (Lipinski definition) is 6. The average Bonchev–Trinajstić information content (AvgIpc) is 3.09. The molecule has 1 aromatic heterocycles. The predicted molar refractivity (Wildman–Crippen MR) is 85.5 cm³/mol. The Kier molecular flexibility index (Phi) is 3.92. The van der Waals surface area contributed by atoms with Gasteiger partial charge in [-0.1, -0.05) is 5.16 Å². The summed E-state index contributed by atoms with van der Waals surface area (Å²) in [6, 6.07) is 7.76. The van der Waals surface area contributed by atoms with Crippen LogP contribution in [0.1, 0.15) is 5.56 Å². The highest BCUT2D eigenvalue weighted by Gasteiger charge is 2.18. The van der Waals surface area contributed by atoms with E-state index in [-0.39, 0.29) is 5.84 Å². The number of benzene rings is 1. The van der Waals surface area contributed by atoms with E-state index in [1.165, 1.54) is 0 Å². The lowest BCUT2D eigenvalue weighted by atomic mass is 10.1. The molecule has 1 aromatic carbocycles. The van der Waals surface area contributed by atoms with Gasteiger partial charge in [-0.25, -0.2) is 4.98 Å².